The number of rotatable bonds is 6. The van der Waals surface area contributed by atoms with Gasteiger partial charge in [-0.15, -0.1) is 17.5 Å². The summed E-state index contributed by atoms with van der Waals surface area (Å²) in [5, 5.41) is 11.0. The molecule has 1 aromatic heterocycles. The molecule has 0 aromatic carbocycles. The van der Waals surface area contributed by atoms with Crippen LogP contribution in [-0.4, -0.2) is 33.5 Å². The minimum absolute atomic E-state index is 0. The van der Waals surface area contributed by atoms with E-state index in [0.29, 0.717) is 24.1 Å². The van der Waals surface area contributed by atoms with Gasteiger partial charge in [0.05, 0.1) is 6.20 Å². The molecule has 1 heterocycles. The van der Waals surface area contributed by atoms with Gasteiger partial charge in [0.1, 0.15) is 0 Å². The molecule has 1 amide bonds. The quantitative estimate of drug-likeness (QED) is 0.835. The van der Waals surface area contributed by atoms with Crippen molar-refractivity contribution in [3.05, 3.63) is 11.9 Å². The molecule has 1 aliphatic carbocycles. The molecule has 1 fully saturated rings. The Bertz CT molecular complexity index is 448. The average Bonchev–Trinajstić information content (AvgIpc) is 3.04. The van der Waals surface area contributed by atoms with Crippen molar-refractivity contribution in [3.8, 4) is 0 Å². The van der Waals surface area contributed by atoms with Gasteiger partial charge in [-0.2, -0.15) is 0 Å². The molecular formula is C14H26ClN5O. The molecule has 0 radical (unpaired) electrons. The summed E-state index contributed by atoms with van der Waals surface area (Å²) in [7, 11) is 0. The Balaban J connectivity index is 0.00000220. The number of nitrogens with zero attached hydrogens (tertiary/aromatic N) is 3. The number of carbonyl (C=O) groups is 1. The molecule has 21 heavy (non-hydrogen) atoms. The van der Waals surface area contributed by atoms with E-state index < -0.39 is 0 Å². The zero-order valence-corrected chi connectivity index (χ0v) is 13.6. The van der Waals surface area contributed by atoms with Crippen LogP contribution >= 0.6 is 12.4 Å². The predicted octanol–water partition coefficient (Wildman–Crippen LogP) is 1.60. The van der Waals surface area contributed by atoms with Crippen molar-refractivity contribution in [1.82, 2.24) is 20.3 Å². The minimum atomic E-state index is -0.133. The lowest BCUT2D eigenvalue weighted by Gasteiger charge is -2.18. The van der Waals surface area contributed by atoms with Crippen LogP contribution in [0.4, 0.5) is 0 Å². The highest BCUT2D eigenvalue weighted by Gasteiger charge is 2.28. The van der Waals surface area contributed by atoms with Gasteiger partial charge < -0.3 is 11.1 Å². The third kappa shape index (κ3) is 4.97. The second-order valence-corrected chi connectivity index (χ2v) is 6.06. The largest absolute Gasteiger partial charge is 0.348 e. The van der Waals surface area contributed by atoms with Gasteiger partial charge in [0.15, 0.2) is 5.69 Å². The van der Waals surface area contributed by atoms with E-state index in [1.54, 1.807) is 10.9 Å². The van der Waals surface area contributed by atoms with Gasteiger partial charge in [-0.1, -0.05) is 25.5 Å². The fourth-order valence-electron chi connectivity index (χ4n) is 2.65. The number of nitrogens with one attached hydrogen (secondary N) is 1. The summed E-state index contributed by atoms with van der Waals surface area (Å²) in [6.07, 6.45) is 6.00. The normalized spacial score (nSPS) is 21.3. The van der Waals surface area contributed by atoms with Gasteiger partial charge in [-0.05, 0) is 37.6 Å². The van der Waals surface area contributed by atoms with E-state index in [1.807, 2.05) is 0 Å². The number of amides is 1. The molecule has 0 saturated heterocycles. The molecule has 2 atom stereocenters. The van der Waals surface area contributed by atoms with Gasteiger partial charge in [-0.3, -0.25) is 9.48 Å². The van der Waals surface area contributed by atoms with Crippen LogP contribution in [0.25, 0.3) is 0 Å². The molecule has 2 rings (SSSR count). The molecule has 120 valence electrons. The third-order valence-electron chi connectivity index (χ3n) is 3.99. The molecule has 1 aromatic rings. The Hall–Kier alpha value is -1.14. The van der Waals surface area contributed by atoms with Gasteiger partial charge in [0.25, 0.3) is 5.91 Å². The smallest absolute Gasteiger partial charge is 0.273 e. The summed E-state index contributed by atoms with van der Waals surface area (Å²) in [6, 6.07) is 0.188. The number of aryl methyl sites for hydroxylation is 1. The summed E-state index contributed by atoms with van der Waals surface area (Å²) in [5.74, 6) is 0.876. The lowest BCUT2D eigenvalue weighted by Crippen LogP contribution is -2.40. The maximum atomic E-state index is 12.1. The molecule has 0 spiro atoms. The first kappa shape index (κ1) is 17.9. The number of hydrogen-bond acceptors (Lipinski definition) is 4. The Labute approximate surface area is 132 Å². The summed E-state index contributed by atoms with van der Waals surface area (Å²) < 4.78 is 1.74. The van der Waals surface area contributed by atoms with Crippen LogP contribution in [0.1, 0.15) is 50.0 Å². The highest BCUT2D eigenvalue weighted by atomic mass is 35.5. The summed E-state index contributed by atoms with van der Waals surface area (Å²) in [4.78, 5) is 12.1. The van der Waals surface area contributed by atoms with Crippen LogP contribution < -0.4 is 11.1 Å². The highest BCUT2D eigenvalue weighted by molar-refractivity contribution is 5.92. The Morgan fingerprint density at radius 2 is 2.29 bits per heavy atom. The molecule has 7 heteroatoms. The lowest BCUT2D eigenvalue weighted by molar-refractivity contribution is 0.0923. The number of carbonyl (C=O) groups excluding carboxylic acids is 1. The zero-order chi connectivity index (χ0) is 14.5. The molecule has 2 unspecified atom stereocenters. The van der Waals surface area contributed by atoms with E-state index >= 15 is 0 Å². The number of hydrogen-bond donors (Lipinski definition) is 2. The van der Waals surface area contributed by atoms with Crippen LogP contribution in [0.15, 0.2) is 6.20 Å². The van der Waals surface area contributed by atoms with Gasteiger partial charge in [0, 0.05) is 12.6 Å². The van der Waals surface area contributed by atoms with Crippen molar-refractivity contribution >= 4 is 18.3 Å². The third-order valence-corrected chi connectivity index (χ3v) is 3.99. The molecular weight excluding hydrogens is 290 g/mol. The number of halogens is 1. The van der Waals surface area contributed by atoms with Crippen molar-refractivity contribution in [3.63, 3.8) is 0 Å². The van der Waals surface area contributed by atoms with E-state index in [-0.39, 0.29) is 24.4 Å². The number of nitrogens with two attached hydrogens (primary N) is 1. The summed E-state index contributed by atoms with van der Waals surface area (Å²) in [5.41, 5.74) is 6.13. The molecule has 1 saturated carbocycles. The van der Waals surface area contributed by atoms with Crippen molar-refractivity contribution in [2.75, 3.05) is 6.54 Å². The van der Waals surface area contributed by atoms with Gasteiger partial charge in [-0.25, -0.2) is 0 Å². The van der Waals surface area contributed by atoms with Crippen LogP contribution in [0, 0.1) is 11.8 Å². The van der Waals surface area contributed by atoms with Crippen molar-refractivity contribution in [2.45, 2.75) is 52.1 Å². The van der Waals surface area contributed by atoms with Crippen molar-refractivity contribution in [2.24, 2.45) is 17.6 Å². The first-order valence-electron chi connectivity index (χ1n) is 7.51. The molecule has 0 aliphatic heterocycles. The fraction of sp³-hybridized carbons (Fsp3) is 0.786. The first-order valence-corrected chi connectivity index (χ1v) is 7.51. The maximum Gasteiger partial charge on any atom is 0.273 e. The SMILES string of the molecule is CC(C)CCn1cc(C(=O)NC2CCCC2CN)nn1.Cl. The molecule has 6 nitrogen and oxygen atoms in total. The van der Waals surface area contributed by atoms with Gasteiger partial charge in [0.2, 0.25) is 0 Å². The second kappa shape index (κ2) is 8.34. The summed E-state index contributed by atoms with van der Waals surface area (Å²) in [6.45, 7) is 5.76. The minimum Gasteiger partial charge on any atom is -0.348 e. The lowest BCUT2D eigenvalue weighted by atomic mass is 10.0. The predicted molar refractivity (Wildman–Crippen MR) is 84.4 cm³/mol. The van der Waals surface area contributed by atoms with E-state index in [9.17, 15) is 4.79 Å². The maximum absolute atomic E-state index is 12.1. The zero-order valence-electron chi connectivity index (χ0n) is 12.8. The monoisotopic (exact) mass is 315 g/mol. The Morgan fingerprint density at radius 3 is 2.95 bits per heavy atom. The Kier molecular flexibility index (Phi) is 7.11. The molecule has 3 N–H and O–H groups in total. The Morgan fingerprint density at radius 1 is 1.52 bits per heavy atom. The van der Waals surface area contributed by atoms with Crippen LogP contribution in [0.2, 0.25) is 0 Å². The molecule has 1 aliphatic rings. The standard InChI is InChI=1S/C14H25N5O.ClH/c1-10(2)6-7-19-9-13(17-18-19)14(20)16-12-5-3-4-11(12)8-15;/h9-12H,3-8,15H2,1-2H3,(H,16,20);1H. The highest BCUT2D eigenvalue weighted by Crippen LogP contribution is 2.24. The van der Waals surface area contributed by atoms with E-state index in [0.717, 1.165) is 32.2 Å². The van der Waals surface area contributed by atoms with Crippen LogP contribution in [0.5, 0.6) is 0 Å². The van der Waals surface area contributed by atoms with Crippen LogP contribution in [-0.2, 0) is 6.54 Å². The second-order valence-electron chi connectivity index (χ2n) is 6.06. The number of aromatic nitrogens is 3. The van der Waals surface area contributed by atoms with E-state index in [2.05, 4.69) is 29.5 Å². The molecule has 0 bridgehead atoms. The van der Waals surface area contributed by atoms with Crippen molar-refractivity contribution in [1.29, 1.82) is 0 Å². The average molecular weight is 316 g/mol. The van der Waals surface area contributed by atoms with Crippen LogP contribution in [0.3, 0.4) is 0 Å². The fourth-order valence-corrected chi connectivity index (χ4v) is 2.65. The van der Waals surface area contributed by atoms with E-state index in [4.69, 9.17) is 5.73 Å². The topological polar surface area (TPSA) is 85.8 Å². The van der Waals surface area contributed by atoms with Crippen molar-refractivity contribution < 1.29 is 4.79 Å². The first-order chi connectivity index (χ1) is 9.60. The van der Waals surface area contributed by atoms with E-state index in [1.165, 1.54) is 0 Å². The summed E-state index contributed by atoms with van der Waals surface area (Å²) >= 11 is 0. The van der Waals surface area contributed by atoms with Gasteiger partial charge >= 0.3 is 0 Å².